The Kier molecular flexibility index (Phi) is 10.3. The van der Waals surface area contributed by atoms with Gasteiger partial charge in [-0.25, -0.2) is 0 Å². The predicted octanol–water partition coefficient (Wildman–Crippen LogP) is 13.4. The summed E-state index contributed by atoms with van der Waals surface area (Å²) in [7, 11) is 0. The number of nitrogens with zero attached hydrogens (tertiary/aromatic N) is 4. The first-order chi connectivity index (χ1) is 28.9. The van der Waals surface area contributed by atoms with Crippen LogP contribution in [0.2, 0.25) is 0 Å². The van der Waals surface area contributed by atoms with Crippen molar-refractivity contribution in [2.75, 3.05) is 0 Å². The molecule has 0 aromatic heterocycles. The van der Waals surface area contributed by atoms with Crippen molar-refractivity contribution >= 4 is 56.9 Å². The van der Waals surface area contributed by atoms with Crippen molar-refractivity contribution < 1.29 is 35.0 Å². The van der Waals surface area contributed by atoms with E-state index in [0.29, 0.717) is 11.5 Å². The Hall–Kier alpha value is -6.99. The molecule has 0 aliphatic carbocycles. The molecular weight excluding hydrogens is 916 g/mol. The summed E-state index contributed by atoms with van der Waals surface area (Å²) in [5.74, 6) is 1.14. The molecule has 2 aliphatic rings. The minimum Gasteiger partial charge on any atom is -0.509 e. The molecule has 6 heteroatoms. The molecule has 0 atom stereocenters. The predicted molar refractivity (Wildman–Crippen MR) is 239 cm³/mol. The number of hydrogen-bond acceptors (Lipinski definition) is 1. The van der Waals surface area contributed by atoms with Crippen LogP contribution in [-0.2, 0) is 26.5 Å². The van der Waals surface area contributed by atoms with Gasteiger partial charge in [-0.3, -0.25) is 0 Å². The monoisotopic (exact) mass is 955 g/mol. The summed E-state index contributed by atoms with van der Waals surface area (Å²) >= 11 is 0. The van der Waals surface area contributed by atoms with E-state index < -0.39 is 0 Å². The summed E-state index contributed by atoms with van der Waals surface area (Å²) in [6.45, 7) is 6.68. The third-order valence-electron chi connectivity index (χ3n) is 10.8. The SMILES string of the molecule is CC(C)(C)c1ccc([N+]2=C=[N+](c3[c-]c(Oc4[c-]c([N+]5=C=[N+](c6c(-c7ccccc7)cccc6-c6ccccc6)c6c5ccc5ccccc65)ccc4)ccc3)C=C2)cc1.[Pt+2]. The van der Waals surface area contributed by atoms with E-state index in [1.165, 1.54) is 5.56 Å². The van der Waals surface area contributed by atoms with Gasteiger partial charge < -0.3 is 4.74 Å². The molecule has 0 amide bonds. The third kappa shape index (κ3) is 7.32. The molecule has 0 radical (unpaired) electrons. The largest absolute Gasteiger partial charge is 2.00 e. The van der Waals surface area contributed by atoms with E-state index in [-0.39, 0.29) is 26.5 Å². The van der Waals surface area contributed by atoms with Gasteiger partial charge in [-0.2, -0.15) is 12.1 Å². The van der Waals surface area contributed by atoms with Gasteiger partial charge >= 0.3 is 38.8 Å². The summed E-state index contributed by atoms with van der Waals surface area (Å²) in [6, 6.07) is 75.3. The van der Waals surface area contributed by atoms with Gasteiger partial charge in [0.05, 0.1) is 16.5 Å². The molecule has 10 rings (SSSR count). The molecule has 8 aromatic rings. The maximum Gasteiger partial charge on any atom is 2.00 e. The van der Waals surface area contributed by atoms with E-state index >= 15 is 0 Å². The fraction of sp³-hybridized carbons (Fsp3) is 0.0741. The van der Waals surface area contributed by atoms with E-state index in [1.807, 2.05) is 57.9 Å². The summed E-state index contributed by atoms with van der Waals surface area (Å²) in [6.07, 6.45) is 3.98. The van der Waals surface area contributed by atoms with Crippen LogP contribution in [-0.4, -0.2) is 21.2 Å². The number of fused-ring (bicyclic) bond motifs is 3. The van der Waals surface area contributed by atoms with Crippen molar-refractivity contribution in [3.05, 3.63) is 206 Å². The molecule has 8 aromatic carbocycles. The van der Waals surface area contributed by atoms with Gasteiger partial charge in [0.2, 0.25) is 11.4 Å². The van der Waals surface area contributed by atoms with Crippen LogP contribution in [0.3, 0.4) is 0 Å². The number of para-hydroxylation sites is 1. The van der Waals surface area contributed by atoms with Crippen LogP contribution in [0, 0.1) is 12.1 Å². The van der Waals surface area contributed by atoms with Gasteiger partial charge in [-0.05, 0) is 56.3 Å². The maximum atomic E-state index is 6.49. The van der Waals surface area contributed by atoms with Crippen LogP contribution in [0.1, 0.15) is 26.3 Å². The fourth-order valence-corrected chi connectivity index (χ4v) is 7.79. The summed E-state index contributed by atoms with van der Waals surface area (Å²) < 4.78 is 14.7. The third-order valence-corrected chi connectivity index (χ3v) is 10.8. The van der Waals surface area contributed by atoms with Crippen molar-refractivity contribution in [2.45, 2.75) is 26.2 Å². The first-order valence-corrected chi connectivity index (χ1v) is 19.9. The zero-order chi connectivity index (χ0) is 39.9. The van der Waals surface area contributed by atoms with Crippen molar-refractivity contribution in [1.82, 2.24) is 9.15 Å². The minimum atomic E-state index is 0. The van der Waals surface area contributed by atoms with Gasteiger partial charge in [0, 0.05) is 29.7 Å². The fourth-order valence-electron chi connectivity index (χ4n) is 7.79. The molecule has 60 heavy (non-hydrogen) atoms. The van der Waals surface area contributed by atoms with Crippen molar-refractivity contribution in [2.24, 2.45) is 0 Å². The number of ether oxygens (including phenoxy) is 1. The molecular formula is C54H40N4OPt+4. The second-order valence-corrected chi connectivity index (χ2v) is 15.7. The van der Waals surface area contributed by atoms with Crippen molar-refractivity contribution in [3.8, 4) is 33.8 Å². The zero-order valence-electron chi connectivity index (χ0n) is 33.4. The van der Waals surface area contributed by atoms with Gasteiger partial charge in [-0.15, -0.1) is 12.1 Å². The normalized spacial score (nSPS) is 12.9. The molecule has 0 saturated carbocycles. The van der Waals surface area contributed by atoms with E-state index in [9.17, 15) is 0 Å². The first kappa shape index (κ1) is 38.5. The van der Waals surface area contributed by atoms with Crippen LogP contribution < -0.4 is 13.9 Å². The Morgan fingerprint density at radius 3 is 1.73 bits per heavy atom. The zero-order valence-corrected chi connectivity index (χ0v) is 35.7. The van der Waals surface area contributed by atoms with Crippen molar-refractivity contribution in [1.29, 1.82) is 0 Å². The quantitative estimate of drug-likeness (QED) is 0.110. The van der Waals surface area contributed by atoms with Gasteiger partial charge in [0.15, 0.2) is 0 Å². The molecule has 0 bridgehead atoms. The first-order valence-electron chi connectivity index (χ1n) is 19.9. The van der Waals surface area contributed by atoms with Gasteiger partial charge in [-0.1, -0.05) is 156 Å². The van der Waals surface area contributed by atoms with Crippen LogP contribution in [0.25, 0.3) is 33.0 Å². The average molecular weight is 956 g/mol. The Morgan fingerprint density at radius 2 is 1.07 bits per heavy atom. The molecule has 2 heterocycles. The van der Waals surface area contributed by atoms with Gasteiger partial charge in [0.1, 0.15) is 11.4 Å². The molecule has 0 fully saturated rings. The summed E-state index contributed by atoms with van der Waals surface area (Å²) in [4.78, 5) is 0. The van der Waals surface area contributed by atoms with Crippen LogP contribution in [0.4, 0.5) is 34.1 Å². The molecule has 0 N–H and O–H groups in total. The topological polar surface area (TPSA) is 21.3 Å². The molecule has 5 nitrogen and oxygen atoms in total. The van der Waals surface area contributed by atoms with E-state index in [1.54, 1.807) is 0 Å². The Balaban J connectivity index is 0.00000462. The molecule has 0 spiro atoms. The second kappa shape index (κ2) is 16.0. The van der Waals surface area contributed by atoms with Crippen molar-refractivity contribution in [3.63, 3.8) is 0 Å². The minimum absolute atomic E-state index is 0. The smallest absolute Gasteiger partial charge is 0.509 e. The summed E-state index contributed by atoms with van der Waals surface area (Å²) in [5, 5.41) is 2.28. The van der Waals surface area contributed by atoms with E-state index in [0.717, 1.165) is 67.2 Å². The van der Waals surface area contributed by atoms with Gasteiger partial charge in [0.25, 0.3) is 18.1 Å². The van der Waals surface area contributed by atoms with Crippen LogP contribution >= 0.6 is 0 Å². The number of benzene rings is 8. The molecule has 0 saturated heterocycles. The van der Waals surface area contributed by atoms with Crippen LogP contribution in [0.15, 0.2) is 188 Å². The number of rotatable bonds is 8. The maximum absolute atomic E-state index is 6.49. The van der Waals surface area contributed by atoms with E-state index in [4.69, 9.17) is 4.74 Å². The Bertz CT molecular complexity index is 3050. The molecule has 288 valence electrons. The number of hydrogen-bond donors (Lipinski definition) is 0. The Labute approximate surface area is 365 Å². The molecule has 0 unspecified atom stereocenters. The Morgan fingerprint density at radius 1 is 0.483 bits per heavy atom. The van der Waals surface area contributed by atoms with E-state index in [2.05, 4.69) is 194 Å². The molecule has 2 aliphatic heterocycles. The average Bonchev–Trinajstić information content (AvgIpc) is 3.93. The summed E-state index contributed by atoms with van der Waals surface area (Å²) in [5.41, 5.74) is 11.6. The second-order valence-electron chi connectivity index (χ2n) is 15.7. The van der Waals surface area contributed by atoms with Crippen LogP contribution in [0.5, 0.6) is 11.5 Å². The standard InChI is InChI=1S/C54H40N4O.Pt/c1-54(2,3)42-28-30-43(31-29-42)55-33-34-56(37-55)44-20-12-22-46(35-44)59-47-23-13-21-45(36-47)57-38-58(53-50-24-11-10-19-41(50)27-32-51(53)57)52-48(39-15-6-4-7-16-39)25-14-26-49(52)40-17-8-5-9-18-40;/h4-34H,1-3H3;/q2*+2.